The average Bonchev–Trinajstić information content (AvgIpc) is 1.90. The van der Waals surface area contributed by atoms with Gasteiger partial charge in [0, 0.05) is 0 Å². The number of hydrogen-bond donors (Lipinski definition) is 1. The normalized spacial score (nSPS) is 19.6. The van der Waals surface area contributed by atoms with Crippen LogP contribution in [0.3, 0.4) is 0 Å². The van der Waals surface area contributed by atoms with E-state index in [0.29, 0.717) is 11.8 Å². The van der Waals surface area contributed by atoms with Crippen LogP contribution in [0.4, 0.5) is 0 Å². The Hall–Kier alpha value is -0.300. The van der Waals surface area contributed by atoms with E-state index in [1.54, 1.807) is 0 Å². The van der Waals surface area contributed by atoms with Gasteiger partial charge in [0.1, 0.15) is 0 Å². The van der Waals surface area contributed by atoms with Crippen LogP contribution in [0.25, 0.3) is 0 Å². The van der Waals surface area contributed by atoms with E-state index in [4.69, 9.17) is 0 Å². The monoisotopic (exact) mass is 142 g/mol. The average molecular weight is 142 g/mol. The lowest BCUT2D eigenvalue weighted by Gasteiger charge is -2.21. The van der Waals surface area contributed by atoms with Crippen molar-refractivity contribution in [2.24, 2.45) is 11.8 Å². The van der Waals surface area contributed by atoms with Crippen molar-refractivity contribution in [1.29, 1.82) is 0 Å². The summed E-state index contributed by atoms with van der Waals surface area (Å²) in [6.07, 6.45) is 2.77. The first-order valence-electron chi connectivity index (χ1n) is 3.94. The Bertz CT molecular complexity index is 96.9. The predicted molar refractivity (Wildman–Crippen MR) is 44.8 cm³/mol. The first-order valence-corrected chi connectivity index (χ1v) is 3.94. The summed E-state index contributed by atoms with van der Waals surface area (Å²) in [5.41, 5.74) is 0. The van der Waals surface area contributed by atoms with Crippen molar-refractivity contribution in [2.45, 2.75) is 33.3 Å². The van der Waals surface area contributed by atoms with Crippen LogP contribution in [0.2, 0.25) is 0 Å². The zero-order chi connectivity index (χ0) is 8.15. The molecular formula is C9H18O. The second kappa shape index (κ2) is 4.51. The van der Waals surface area contributed by atoms with Gasteiger partial charge in [-0.25, -0.2) is 0 Å². The van der Waals surface area contributed by atoms with Crippen LogP contribution in [0.1, 0.15) is 27.2 Å². The molecule has 0 aromatic heterocycles. The summed E-state index contributed by atoms with van der Waals surface area (Å²) in [7, 11) is 0. The number of aliphatic hydroxyl groups excluding tert-OH is 1. The van der Waals surface area contributed by atoms with Crippen molar-refractivity contribution >= 4 is 0 Å². The third kappa shape index (κ3) is 2.53. The molecule has 0 fully saturated rings. The molecule has 0 aliphatic heterocycles. The minimum absolute atomic E-state index is 0.219. The van der Waals surface area contributed by atoms with E-state index in [9.17, 15) is 5.11 Å². The van der Waals surface area contributed by atoms with Gasteiger partial charge >= 0.3 is 0 Å². The van der Waals surface area contributed by atoms with Crippen LogP contribution in [-0.2, 0) is 0 Å². The highest BCUT2D eigenvalue weighted by Gasteiger charge is 2.16. The van der Waals surface area contributed by atoms with Crippen LogP contribution in [0.15, 0.2) is 12.7 Å². The van der Waals surface area contributed by atoms with E-state index >= 15 is 0 Å². The van der Waals surface area contributed by atoms with Crippen molar-refractivity contribution in [3.05, 3.63) is 12.7 Å². The van der Waals surface area contributed by atoms with Crippen molar-refractivity contribution in [3.63, 3.8) is 0 Å². The van der Waals surface area contributed by atoms with E-state index in [-0.39, 0.29) is 6.10 Å². The summed E-state index contributed by atoms with van der Waals surface area (Å²) in [6, 6.07) is 0. The summed E-state index contributed by atoms with van der Waals surface area (Å²) in [6.45, 7) is 9.73. The topological polar surface area (TPSA) is 20.2 Å². The maximum absolute atomic E-state index is 9.21. The zero-order valence-electron chi connectivity index (χ0n) is 7.17. The number of aliphatic hydroxyl groups is 1. The van der Waals surface area contributed by atoms with Crippen LogP contribution < -0.4 is 0 Å². The zero-order valence-corrected chi connectivity index (χ0v) is 7.17. The minimum Gasteiger partial charge on any atom is -0.393 e. The molecule has 1 nitrogen and oxygen atoms in total. The third-order valence-corrected chi connectivity index (χ3v) is 2.21. The maximum atomic E-state index is 9.21. The molecule has 1 N–H and O–H groups in total. The van der Waals surface area contributed by atoms with Gasteiger partial charge in [-0.15, -0.1) is 6.58 Å². The molecule has 0 aliphatic carbocycles. The van der Waals surface area contributed by atoms with Gasteiger partial charge in [-0.1, -0.05) is 19.9 Å². The highest BCUT2D eigenvalue weighted by Crippen LogP contribution is 2.19. The van der Waals surface area contributed by atoms with Gasteiger partial charge in [0.05, 0.1) is 6.10 Å². The van der Waals surface area contributed by atoms with Crippen molar-refractivity contribution < 1.29 is 5.11 Å². The standard InChI is InChI=1S/C9H18O/c1-5-9(6-2)7(3)8(4)10/h5,7-10H,1,6H2,2-4H3/t7-,8-,9?/m1/s1. The quantitative estimate of drug-likeness (QED) is 0.597. The van der Waals surface area contributed by atoms with Crippen molar-refractivity contribution in [1.82, 2.24) is 0 Å². The fourth-order valence-electron chi connectivity index (χ4n) is 1.11. The lowest BCUT2D eigenvalue weighted by molar-refractivity contribution is 0.110. The summed E-state index contributed by atoms with van der Waals surface area (Å²) in [4.78, 5) is 0. The van der Waals surface area contributed by atoms with Crippen LogP contribution in [-0.4, -0.2) is 11.2 Å². The van der Waals surface area contributed by atoms with Gasteiger partial charge in [-0.2, -0.15) is 0 Å². The number of rotatable bonds is 4. The molecule has 1 heteroatoms. The van der Waals surface area contributed by atoms with Gasteiger partial charge in [-0.05, 0) is 25.2 Å². The fraction of sp³-hybridized carbons (Fsp3) is 0.778. The van der Waals surface area contributed by atoms with Gasteiger partial charge in [0.15, 0.2) is 0 Å². The molecule has 3 atom stereocenters. The predicted octanol–water partition coefficient (Wildman–Crippen LogP) is 2.22. The Balaban J connectivity index is 3.87. The number of allylic oxidation sites excluding steroid dienone is 1. The van der Waals surface area contributed by atoms with Gasteiger partial charge < -0.3 is 5.11 Å². The molecule has 0 amide bonds. The van der Waals surface area contributed by atoms with E-state index in [1.807, 2.05) is 13.0 Å². The molecule has 0 saturated carbocycles. The second-order valence-electron chi connectivity index (χ2n) is 2.91. The minimum atomic E-state index is -0.219. The van der Waals surface area contributed by atoms with E-state index in [1.165, 1.54) is 0 Å². The molecule has 0 spiro atoms. The lowest BCUT2D eigenvalue weighted by atomic mass is 9.88. The Kier molecular flexibility index (Phi) is 4.37. The summed E-state index contributed by atoms with van der Waals surface area (Å²) in [5, 5.41) is 9.21. The van der Waals surface area contributed by atoms with Gasteiger partial charge in [0.25, 0.3) is 0 Å². The van der Waals surface area contributed by atoms with Gasteiger partial charge in [0.2, 0.25) is 0 Å². The molecule has 0 aliphatic rings. The van der Waals surface area contributed by atoms with Crippen LogP contribution >= 0.6 is 0 Å². The van der Waals surface area contributed by atoms with Crippen LogP contribution in [0, 0.1) is 11.8 Å². The molecule has 0 heterocycles. The Labute approximate surface area is 63.8 Å². The molecule has 0 rings (SSSR count). The molecule has 10 heavy (non-hydrogen) atoms. The summed E-state index contributed by atoms with van der Waals surface area (Å²) >= 11 is 0. The molecule has 1 unspecified atom stereocenters. The number of hydrogen-bond acceptors (Lipinski definition) is 1. The molecular weight excluding hydrogens is 124 g/mol. The molecule has 0 aromatic carbocycles. The highest BCUT2D eigenvalue weighted by atomic mass is 16.3. The molecule has 60 valence electrons. The van der Waals surface area contributed by atoms with Crippen molar-refractivity contribution in [3.8, 4) is 0 Å². The van der Waals surface area contributed by atoms with E-state index in [2.05, 4.69) is 20.4 Å². The first kappa shape index (κ1) is 9.70. The molecule has 0 radical (unpaired) electrons. The second-order valence-corrected chi connectivity index (χ2v) is 2.91. The highest BCUT2D eigenvalue weighted by molar-refractivity contribution is 4.83. The Morgan fingerprint density at radius 1 is 1.50 bits per heavy atom. The van der Waals surface area contributed by atoms with E-state index < -0.39 is 0 Å². The summed E-state index contributed by atoms with van der Waals surface area (Å²) in [5.74, 6) is 0.794. The SMILES string of the molecule is C=CC(CC)[C@H](C)[C@@H](C)O. The summed E-state index contributed by atoms with van der Waals surface area (Å²) < 4.78 is 0. The smallest absolute Gasteiger partial charge is 0.0543 e. The largest absolute Gasteiger partial charge is 0.393 e. The fourth-order valence-corrected chi connectivity index (χ4v) is 1.11. The first-order chi connectivity index (χ1) is 4.63. The van der Waals surface area contributed by atoms with Crippen LogP contribution in [0.5, 0.6) is 0 Å². The molecule has 0 bridgehead atoms. The maximum Gasteiger partial charge on any atom is 0.0543 e. The molecule has 0 saturated heterocycles. The Morgan fingerprint density at radius 2 is 2.00 bits per heavy atom. The molecule has 0 aromatic rings. The third-order valence-electron chi connectivity index (χ3n) is 2.21. The lowest BCUT2D eigenvalue weighted by Crippen LogP contribution is -2.20. The van der Waals surface area contributed by atoms with E-state index in [0.717, 1.165) is 6.42 Å². The van der Waals surface area contributed by atoms with Gasteiger partial charge in [-0.3, -0.25) is 0 Å². The van der Waals surface area contributed by atoms with Crippen molar-refractivity contribution in [2.75, 3.05) is 0 Å². The Morgan fingerprint density at radius 3 is 2.10 bits per heavy atom.